The van der Waals surface area contributed by atoms with Crippen molar-refractivity contribution >= 4 is 16.6 Å². The molecule has 3 aromatic rings. The zero-order chi connectivity index (χ0) is 20.4. The fraction of sp³-hybridized carbons (Fsp3) is 0.435. The summed E-state index contributed by atoms with van der Waals surface area (Å²) in [5, 5.41) is 2.13. The number of Topliss-reactive ketones (excluding diaryl/α,β-unsaturated/α-hetero) is 1. The SMILES string of the molecule is C[C@H](F)CN1CCC(C(=O)Cc2cc3cc(-c4cncn4C)ccc3cn2)CC1. The summed E-state index contributed by atoms with van der Waals surface area (Å²) in [6, 6.07) is 8.27. The third-order valence-corrected chi connectivity index (χ3v) is 5.80. The van der Waals surface area contributed by atoms with Crippen molar-refractivity contribution in [2.45, 2.75) is 32.4 Å². The van der Waals surface area contributed by atoms with Crippen molar-refractivity contribution in [1.29, 1.82) is 0 Å². The number of halogens is 1. The molecule has 0 radical (unpaired) electrons. The fourth-order valence-corrected chi connectivity index (χ4v) is 4.19. The molecule has 2 aromatic heterocycles. The first-order valence-electron chi connectivity index (χ1n) is 10.2. The third-order valence-electron chi connectivity index (χ3n) is 5.80. The van der Waals surface area contributed by atoms with E-state index in [9.17, 15) is 9.18 Å². The number of hydrogen-bond acceptors (Lipinski definition) is 4. The van der Waals surface area contributed by atoms with Crippen LogP contribution in [-0.4, -0.2) is 51.0 Å². The molecule has 0 N–H and O–H groups in total. The van der Waals surface area contributed by atoms with Gasteiger partial charge in [-0.1, -0.05) is 12.1 Å². The summed E-state index contributed by atoms with van der Waals surface area (Å²) in [6.45, 7) is 3.64. The maximum Gasteiger partial charge on any atom is 0.142 e. The molecule has 1 aromatic carbocycles. The first-order chi connectivity index (χ1) is 14.0. The van der Waals surface area contributed by atoms with Gasteiger partial charge >= 0.3 is 0 Å². The maximum atomic E-state index is 13.2. The smallest absolute Gasteiger partial charge is 0.142 e. The van der Waals surface area contributed by atoms with E-state index >= 15 is 0 Å². The summed E-state index contributed by atoms with van der Waals surface area (Å²) >= 11 is 0. The number of pyridine rings is 1. The number of likely N-dealkylation sites (tertiary alicyclic amines) is 1. The van der Waals surface area contributed by atoms with Crippen LogP contribution in [0.5, 0.6) is 0 Å². The summed E-state index contributed by atoms with van der Waals surface area (Å²) in [5.74, 6) is 0.298. The monoisotopic (exact) mass is 394 g/mol. The molecule has 1 aliphatic heterocycles. The van der Waals surface area contributed by atoms with Gasteiger partial charge < -0.3 is 9.47 Å². The quantitative estimate of drug-likeness (QED) is 0.638. The Bertz CT molecular complexity index is 1010. The lowest BCUT2D eigenvalue weighted by Gasteiger charge is -2.31. The number of benzene rings is 1. The van der Waals surface area contributed by atoms with E-state index in [4.69, 9.17) is 0 Å². The minimum atomic E-state index is -0.819. The first-order valence-corrected chi connectivity index (χ1v) is 10.2. The molecule has 1 atom stereocenters. The Morgan fingerprint density at radius 2 is 2.00 bits per heavy atom. The van der Waals surface area contributed by atoms with E-state index in [-0.39, 0.29) is 11.7 Å². The molecule has 0 bridgehead atoms. The Kier molecular flexibility index (Phi) is 5.72. The van der Waals surface area contributed by atoms with Gasteiger partial charge in [0.1, 0.15) is 12.0 Å². The normalized spacial score (nSPS) is 16.9. The standard InChI is InChI=1S/C23H27FN4O/c1-16(24)14-28-7-5-17(6-8-28)23(29)11-21-10-20-9-18(3-4-19(20)12-26-21)22-13-25-15-27(22)2/h3-4,9-10,12-13,15-17H,5-8,11,14H2,1-2H3/t16-/m0/s1. The van der Waals surface area contributed by atoms with Crippen molar-refractivity contribution in [2.24, 2.45) is 13.0 Å². The average molecular weight is 394 g/mol. The van der Waals surface area contributed by atoms with Crippen LogP contribution >= 0.6 is 0 Å². The molecule has 3 heterocycles. The number of rotatable bonds is 6. The first kappa shape index (κ1) is 19.7. The van der Waals surface area contributed by atoms with Crippen molar-refractivity contribution in [1.82, 2.24) is 19.4 Å². The summed E-state index contributed by atoms with van der Waals surface area (Å²) in [7, 11) is 1.97. The number of ketones is 1. The van der Waals surface area contributed by atoms with E-state index in [1.165, 1.54) is 0 Å². The molecule has 152 valence electrons. The van der Waals surface area contributed by atoms with E-state index in [2.05, 4.69) is 33.1 Å². The van der Waals surface area contributed by atoms with E-state index in [1.54, 1.807) is 13.3 Å². The highest BCUT2D eigenvalue weighted by molar-refractivity contribution is 5.88. The predicted molar refractivity (Wildman–Crippen MR) is 112 cm³/mol. The molecule has 1 aliphatic rings. The Morgan fingerprint density at radius 3 is 2.69 bits per heavy atom. The zero-order valence-corrected chi connectivity index (χ0v) is 17.0. The van der Waals surface area contributed by atoms with Gasteiger partial charge in [-0.3, -0.25) is 9.78 Å². The second-order valence-corrected chi connectivity index (χ2v) is 8.13. The van der Waals surface area contributed by atoms with Crippen molar-refractivity contribution in [3.05, 3.63) is 48.7 Å². The molecule has 1 fully saturated rings. The number of carbonyl (C=O) groups excluding carboxylic acids is 1. The molecule has 5 nitrogen and oxygen atoms in total. The van der Waals surface area contributed by atoms with Crippen LogP contribution in [0.4, 0.5) is 4.39 Å². The number of carbonyl (C=O) groups is 1. The van der Waals surface area contributed by atoms with E-state index in [0.717, 1.165) is 53.7 Å². The zero-order valence-electron chi connectivity index (χ0n) is 17.0. The Hall–Kier alpha value is -2.60. The Balaban J connectivity index is 1.45. The van der Waals surface area contributed by atoms with Crippen molar-refractivity contribution in [2.75, 3.05) is 19.6 Å². The number of imidazole rings is 1. The summed E-state index contributed by atoms with van der Waals surface area (Å²) < 4.78 is 15.2. The molecule has 0 spiro atoms. The van der Waals surface area contributed by atoms with Crippen LogP contribution in [0.3, 0.4) is 0 Å². The van der Waals surface area contributed by atoms with Gasteiger partial charge in [0, 0.05) is 48.8 Å². The molecule has 0 unspecified atom stereocenters. The molecule has 0 saturated carbocycles. The van der Waals surface area contributed by atoms with Gasteiger partial charge in [-0.15, -0.1) is 0 Å². The second kappa shape index (κ2) is 8.41. The molecule has 6 heteroatoms. The number of alkyl halides is 1. The van der Waals surface area contributed by atoms with Crippen LogP contribution in [0.15, 0.2) is 43.0 Å². The number of hydrogen-bond donors (Lipinski definition) is 0. The number of nitrogens with zero attached hydrogens (tertiary/aromatic N) is 4. The lowest BCUT2D eigenvalue weighted by atomic mass is 9.90. The highest BCUT2D eigenvalue weighted by atomic mass is 19.1. The molecule has 1 saturated heterocycles. The van der Waals surface area contributed by atoms with Gasteiger partial charge in [0.15, 0.2) is 0 Å². The summed E-state index contributed by atoms with van der Waals surface area (Å²) in [5.41, 5.74) is 2.95. The van der Waals surface area contributed by atoms with E-state index < -0.39 is 6.17 Å². The van der Waals surface area contributed by atoms with Gasteiger partial charge in [-0.2, -0.15) is 0 Å². The molecule has 0 aliphatic carbocycles. The van der Waals surface area contributed by atoms with Gasteiger partial charge in [0.05, 0.1) is 18.2 Å². The van der Waals surface area contributed by atoms with Gasteiger partial charge in [0.25, 0.3) is 0 Å². The molecular formula is C23H27FN4O. The largest absolute Gasteiger partial charge is 0.334 e. The van der Waals surface area contributed by atoms with Gasteiger partial charge in [0.2, 0.25) is 0 Å². The number of aryl methyl sites for hydroxylation is 1. The van der Waals surface area contributed by atoms with Crippen LogP contribution in [-0.2, 0) is 18.3 Å². The van der Waals surface area contributed by atoms with Crippen LogP contribution in [0.1, 0.15) is 25.5 Å². The predicted octanol–water partition coefficient (Wildman–Crippen LogP) is 3.82. The molecule has 4 rings (SSSR count). The minimum Gasteiger partial charge on any atom is -0.334 e. The maximum absolute atomic E-state index is 13.2. The highest BCUT2D eigenvalue weighted by Gasteiger charge is 2.25. The lowest BCUT2D eigenvalue weighted by Crippen LogP contribution is -2.39. The number of piperidine rings is 1. The molecular weight excluding hydrogens is 367 g/mol. The summed E-state index contributed by atoms with van der Waals surface area (Å²) in [6.07, 6.45) is 6.64. The Morgan fingerprint density at radius 1 is 1.21 bits per heavy atom. The van der Waals surface area contributed by atoms with Crippen molar-refractivity contribution in [3.8, 4) is 11.3 Å². The highest BCUT2D eigenvalue weighted by Crippen LogP contribution is 2.25. The summed E-state index contributed by atoms with van der Waals surface area (Å²) in [4.78, 5) is 23.6. The van der Waals surface area contributed by atoms with Gasteiger partial charge in [-0.25, -0.2) is 9.37 Å². The minimum absolute atomic E-state index is 0.0550. The topological polar surface area (TPSA) is 51.0 Å². The van der Waals surface area contributed by atoms with Crippen LogP contribution < -0.4 is 0 Å². The third kappa shape index (κ3) is 4.53. The lowest BCUT2D eigenvalue weighted by molar-refractivity contribution is -0.123. The van der Waals surface area contributed by atoms with Crippen LogP contribution in [0.25, 0.3) is 22.0 Å². The van der Waals surface area contributed by atoms with Crippen LogP contribution in [0, 0.1) is 5.92 Å². The van der Waals surface area contributed by atoms with Crippen LogP contribution in [0.2, 0.25) is 0 Å². The Labute approximate surface area is 170 Å². The van der Waals surface area contributed by atoms with Crippen molar-refractivity contribution < 1.29 is 9.18 Å². The molecule has 0 amide bonds. The van der Waals surface area contributed by atoms with E-state index in [1.807, 2.05) is 30.1 Å². The number of aromatic nitrogens is 3. The number of fused-ring (bicyclic) bond motifs is 1. The average Bonchev–Trinajstić information content (AvgIpc) is 3.13. The van der Waals surface area contributed by atoms with E-state index in [0.29, 0.717) is 13.0 Å². The second-order valence-electron chi connectivity index (χ2n) is 8.13. The van der Waals surface area contributed by atoms with Crippen molar-refractivity contribution in [3.63, 3.8) is 0 Å². The molecule has 29 heavy (non-hydrogen) atoms. The van der Waals surface area contributed by atoms with Gasteiger partial charge in [-0.05, 0) is 50.4 Å². The fourth-order valence-electron chi connectivity index (χ4n) is 4.19.